The standard InChI is InChI=1S/C33H41S/c1-2-7-13-27(14-8-3-1)29-19-23-32(24-20-29)34(31-17-11-6-12-18-31)33-25-21-30(22-26-33)28-15-9-4-5-10-16-28/h6,11-12,17-28H,1-5,7-10,13-16H2/q+1. The van der Waals surface area contributed by atoms with Gasteiger partial charge < -0.3 is 0 Å². The second-order valence-electron chi connectivity index (χ2n) is 10.5. The lowest BCUT2D eigenvalue weighted by molar-refractivity contribution is 0.455. The van der Waals surface area contributed by atoms with E-state index in [1.54, 1.807) is 11.1 Å². The van der Waals surface area contributed by atoms with Crippen molar-refractivity contribution >= 4 is 10.9 Å². The minimum atomic E-state index is -0.0507. The Morgan fingerprint density at radius 2 is 0.735 bits per heavy atom. The highest BCUT2D eigenvalue weighted by molar-refractivity contribution is 7.97. The summed E-state index contributed by atoms with van der Waals surface area (Å²) in [6, 6.07) is 30.7. The van der Waals surface area contributed by atoms with E-state index in [2.05, 4.69) is 78.9 Å². The fraction of sp³-hybridized carbons (Fsp3) is 0.455. The van der Waals surface area contributed by atoms with E-state index in [9.17, 15) is 0 Å². The molecule has 0 N–H and O–H groups in total. The Morgan fingerprint density at radius 1 is 0.382 bits per heavy atom. The average molecular weight is 470 g/mol. The van der Waals surface area contributed by atoms with E-state index in [-0.39, 0.29) is 10.9 Å². The minimum Gasteiger partial charge on any atom is -0.0619 e. The van der Waals surface area contributed by atoms with E-state index in [1.165, 1.54) is 98.2 Å². The van der Waals surface area contributed by atoms with Gasteiger partial charge in [0.1, 0.15) is 0 Å². The van der Waals surface area contributed by atoms with Gasteiger partial charge in [-0.1, -0.05) is 100 Å². The van der Waals surface area contributed by atoms with Gasteiger partial charge in [-0.3, -0.25) is 0 Å². The van der Waals surface area contributed by atoms with Gasteiger partial charge in [-0.15, -0.1) is 0 Å². The molecule has 5 rings (SSSR count). The fourth-order valence-corrected chi connectivity index (χ4v) is 8.18. The Labute approximate surface area is 210 Å². The van der Waals surface area contributed by atoms with Crippen molar-refractivity contribution in [3.05, 3.63) is 90.0 Å². The average Bonchev–Trinajstić information content (AvgIpc) is 3.16. The summed E-state index contributed by atoms with van der Waals surface area (Å²) in [7, 11) is -0.0507. The van der Waals surface area contributed by atoms with E-state index in [1.807, 2.05) is 0 Å². The van der Waals surface area contributed by atoms with Crippen LogP contribution in [0.4, 0.5) is 0 Å². The van der Waals surface area contributed by atoms with E-state index < -0.39 is 0 Å². The maximum atomic E-state index is 2.45. The predicted molar refractivity (Wildman–Crippen MR) is 147 cm³/mol. The van der Waals surface area contributed by atoms with Gasteiger partial charge in [0.05, 0.1) is 10.9 Å². The van der Waals surface area contributed by atoms with Crippen molar-refractivity contribution in [3.63, 3.8) is 0 Å². The summed E-state index contributed by atoms with van der Waals surface area (Å²) >= 11 is 0. The lowest BCUT2D eigenvalue weighted by Crippen LogP contribution is -2.07. The van der Waals surface area contributed by atoms with Crippen LogP contribution >= 0.6 is 0 Å². The third-order valence-corrected chi connectivity index (χ3v) is 10.3. The van der Waals surface area contributed by atoms with Crippen LogP contribution in [0.25, 0.3) is 0 Å². The van der Waals surface area contributed by atoms with Gasteiger partial charge in [0.2, 0.25) is 0 Å². The third-order valence-electron chi connectivity index (χ3n) is 8.11. The van der Waals surface area contributed by atoms with Crippen molar-refractivity contribution in [1.29, 1.82) is 0 Å². The van der Waals surface area contributed by atoms with Gasteiger partial charge in [0.25, 0.3) is 0 Å². The predicted octanol–water partition coefficient (Wildman–Crippen LogP) is 10.0. The molecule has 0 saturated heterocycles. The molecule has 1 unspecified atom stereocenters. The van der Waals surface area contributed by atoms with Crippen LogP contribution in [0.5, 0.6) is 0 Å². The molecule has 1 atom stereocenters. The molecule has 0 radical (unpaired) electrons. The van der Waals surface area contributed by atoms with Crippen LogP contribution in [-0.2, 0) is 10.9 Å². The molecule has 1 heteroatoms. The molecular weight excluding hydrogens is 428 g/mol. The first-order valence-electron chi connectivity index (χ1n) is 13.9. The fourth-order valence-electron chi connectivity index (χ4n) is 6.12. The number of hydrogen-bond acceptors (Lipinski definition) is 0. The van der Waals surface area contributed by atoms with E-state index in [0.29, 0.717) is 0 Å². The van der Waals surface area contributed by atoms with Crippen molar-refractivity contribution in [1.82, 2.24) is 0 Å². The van der Waals surface area contributed by atoms with Gasteiger partial charge in [0, 0.05) is 0 Å². The minimum absolute atomic E-state index is 0.0507. The van der Waals surface area contributed by atoms with Gasteiger partial charge in [0.15, 0.2) is 14.7 Å². The Balaban J connectivity index is 1.40. The summed E-state index contributed by atoms with van der Waals surface area (Å²) in [5.74, 6) is 1.52. The maximum Gasteiger partial charge on any atom is 0.166 e. The normalized spacial score (nSPS) is 19.6. The molecule has 0 bridgehead atoms. The molecule has 2 fully saturated rings. The molecule has 34 heavy (non-hydrogen) atoms. The molecule has 0 heterocycles. The van der Waals surface area contributed by atoms with Crippen molar-refractivity contribution in [2.75, 3.05) is 0 Å². The largest absolute Gasteiger partial charge is 0.166 e. The quantitative estimate of drug-likeness (QED) is 0.257. The van der Waals surface area contributed by atoms with E-state index >= 15 is 0 Å². The molecule has 2 aliphatic carbocycles. The van der Waals surface area contributed by atoms with Crippen LogP contribution in [0.2, 0.25) is 0 Å². The van der Waals surface area contributed by atoms with E-state index in [0.717, 1.165) is 11.8 Å². The van der Waals surface area contributed by atoms with Gasteiger partial charge in [-0.05, 0) is 85.0 Å². The zero-order valence-corrected chi connectivity index (χ0v) is 21.6. The van der Waals surface area contributed by atoms with Crippen LogP contribution in [-0.4, -0.2) is 0 Å². The summed E-state index contributed by atoms with van der Waals surface area (Å²) in [5, 5.41) is 0. The first-order valence-corrected chi connectivity index (χ1v) is 15.1. The molecule has 0 aromatic heterocycles. The SMILES string of the molecule is c1ccc([S+](c2ccc(C3CCCCCCC3)cc2)c2ccc(C3CCCCCC3)cc2)cc1. The molecule has 178 valence electrons. The Bertz CT molecular complexity index is 973. The molecule has 0 nitrogen and oxygen atoms in total. The van der Waals surface area contributed by atoms with Crippen LogP contribution in [0.15, 0.2) is 93.5 Å². The molecule has 3 aromatic carbocycles. The zero-order chi connectivity index (χ0) is 23.0. The second kappa shape index (κ2) is 12.1. The van der Waals surface area contributed by atoms with Gasteiger partial charge >= 0.3 is 0 Å². The lowest BCUT2D eigenvalue weighted by Gasteiger charge is -2.20. The molecule has 3 aromatic rings. The monoisotopic (exact) mass is 469 g/mol. The number of benzene rings is 3. The van der Waals surface area contributed by atoms with Crippen LogP contribution in [0, 0.1) is 0 Å². The maximum absolute atomic E-state index is 2.45. The first kappa shape index (κ1) is 23.7. The second-order valence-corrected chi connectivity index (χ2v) is 12.5. The smallest absolute Gasteiger partial charge is 0.0619 e. The van der Waals surface area contributed by atoms with Gasteiger partial charge in [-0.2, -0.15) is 0 Å². The molecule has 0 aliphatic heterocycles. The van der Waals surface area contributed by atoms with Gasteiger partial charge in [-0.25, -0.2) is 0 Å². The summed E-state index contributed by atoms with van der Waals surface area (Å²) < 4.78 is 0. The highest BCUT2D eigenvalue weighted by atomic mass is 32.2. The van der Waals surface area contributed by atoms with Crippen molar-refractivity contribution in [2.45, 2.75) is 110 Å². The highest BCUT2D eigenvalue weighted by Gasteiger charge is 2.29. The zero-order valence-electron chi connectivity index (χ0n) is 20.8. The molecule has 2 aliphatic rings. The summed E-state index contributed by atoms with van der Waals surface area (Å²) in [6.07, 6.45) is 18.2. The van der Waals surface area contributed by atoms with Crippen molar-refractivity contribution < 1.29 is 0 Å². The van der Waals surface area contributed by atoms with E-state index in [4.69, 9.17) is 0 Å². The van der Waals surface area contributed by atoms with Crippen LogP contribution in [0.1, 0.15) is 106 Å². The summed E-state index contributed by atoms with van der Waals surface area (Å²) in [4.78, 5) is 4.31. The highest BCUT2D eigenvalue weighted by Crippen LogP contribution is 2.37. The Kier molecular flexibility index (Phi) is 8.46. The van der Waals surface area contributed by atoms with Crippen LogP contribution < -0.4 is 0 Å². The third kappa shape index (κ3) is 5.98. The molecule has 0 amide bonds. The molecule has 0 spiro atoms. The topological polar surface area (TPSA) is 0 Å². The Morgan fingerprint density at radius 3 is 1.15 bits per heavy atom. The molecule has 2 saturated carbocycles. The number of hydrogen-bond donors (Lipinski definition) is 0. The lowest BCUT2D eigenvalue weighted by atomic mass is 9.86. The summed E-state index contributed by atoms with van der Waals surface area (Å²) in [6.45, 7) is 0. The summed E-state index contributed by atoms with van der Waals surface area (Å²) in [5.41, 5.74) is 3.12. The Hall–Kier alpha value is -1.99. The van der Waals surface area contributed by atoms with Crippen molar-refractivity contribution in [2.24, 2.45) is 0 Å². The van der Waals surface area contributed by atoms with Crippen LogP contribution in [0.3, 0.4) is 0 Å². The molecular formula is C33H41S+. The number of rotatable bonds is 5. The first-order chi connectivity index (χ1) is 16.9. The van der Waals surface area contributed by atoms with Crippen molar-refractivity contribution in [3.8, 4) is 0 Å².